The van der Waals surface area contributed by atoms with E-state index >= 15 is 0 Å². The van der Waals surface area contributed by atoms with Crippen molar-refractivity contribution in [1.29, 1.82) is 0 Å². The third kappa shape index (κ3) is 4.95. The first-order chi connectivity index (χ1) is 14.0. The van der Waals surface area contributed by atoms with Crippen LogP contribution in [0, 0.1) is 18.7 Å². The van der Waals surface area contributed by atoms with Gasteiger partial charge >= 0.3 is 0 Å². The van der Waals surface area contributed by atoms with E-state index in [-0.39, 0.29) is 11.7 Å². The number of hydrogen-bond donors (Lipinski definition) is 1. The summed E-state index contributed by atoms with van der Waals surface area (Å²) >= 11 is 0. The Hall–Kier alpha value is -3.75. The Morgan fingerprint density at radius 3 is 2.66 bits per heavy atom. The third-order valence-electron chi connectivity index (χ3n) is 3.99. The van der Waals surface area contributed by atoms with Gasteiger partial charge in [-0.3, -0.25) is 9.78 Å². The molecule has 7 nitrogen and oxygen atoms in total. The van der Waals surface area contributed by atoms with Crippen LogP contribution in [0.4, 0.5) is 14.6 Å². The lowest BCUT2D eigenvalue weighted by molar-refractivity contribution is 0.102. The molecule has 0 atom stereocenters. The second kappa shape index (κ2) is 8.96. The van der Waals surface area contributed by atoms with Gasteiger partial charge in [-0.15, -0.1) is 0 Å². The molecule has 3 rings (SSSR count). The zero-order valence-corrected chi connectivity index (χ0v) is 15.7. The number of carbonyl (C=O) groups is 1. The average Bonchev–Trinajstić information content (AvgIpc) is 2.72. The highest BCUT2D eigenvalue weighted by Crippen LogP contribution is 2.15. The highest BCUT2D eigenvalue weighted by atomic mass is 19.2. The summed E-state index contributed by atoms with van der Waals surface area (Å²) in [5.41, 5.74) is 2.45. The smallest absolute Gasteiger partial charge is 0.258 e. The monoisotopic (exact) mass is 397 g/mol. The van der Waals surface area contributed by atoms with Gasteiger partial charge in [0.1, 0.15) is 5.82 Å². The largest absolute Gasteiger partial charge is 0.355 e. The second-order valence-electron chi connectivity index (χ2n) is 6.00. The van der Waals surface area contributed by atoms with Crippen molar-refractivity contribution in [1.82, 2.24) is 15.0 Å². The molecule has 0 saturated heterocycles. The fourth-order valence-corrected chi connectivity index (χ4v) is 2.41. The number of hydrogen-bond acceptors (Lipinski definition) is 6. The number of aryl methyl sites for hydroxylation is 1. The number of anilines is 1. The Bertz CT molecular complexity index is 1050. The molecule has 148 valence electrons. The first-order valence-corrected chi connectivity index (χ1v) is 8.71. The summed E-state index contributed by atoms with van der Waals surface area (Å²) in [5, 5.41) is 6.66. The van der Waals surface area contributed by atoms with Gasteiger partial charge < -0.3 is 10.2 Å². The molecule has 29 heavy (non-hydrogen) atoms. The number of nitrogens with one attached hydrogen (secondary N) is 1. The van der Waals surface area contributed by atoms with E-state index in [1.165, 1.54) is 12.4 Å². The molecule has 0 aliphatic rings. The van der Waals surface area contributed by atoms with Gasteiger partial charge in [0.2, 0.25) is 5.95 Å². The van der Waals surface area contributed by atoms with Crippen LogP contribution in [0.5, 0.6) is 5.75 Å². The Kier molecular flexibility index (Phi) is 6.18. The van der Waals surface area contributed by atoms with E-state index in [9.17, 15) is 13.6 Å². The average molecular weight is 397 g/mol. The van der Waals surface area contributed by atoms with Crippen LogP contribution in [0.2, 0.25) is 0 Å². The highest BCUT2D eigenvalue weighted by Gasteiger charge is 2.11. The molecule has 0 aromatic carbocycles. The fraction of sp³-hybridized carbons (Fsp3) is 0.150. The molecule has 1 amide bonds. The van der Waals surface area contributed by atoms with Crippen molar-refractivity contribution in [3.05, 3.63) is 77.5 Å². The number of oxime groups is 1. The van der Waals surface area contributed by atoms with Gasteiger partial charge in [-0.1, -0.05) is 12.1 Å². The van der Waals surface area contributed by atoms with Crippen LogP contribution >= 0.6 is 0 Å². The molecule has 9 heteroatoms. The number of nitrogens with zero attached hydrogens (tertiary/aromatic N) is 4. The van der Waals surface area contributed by atoms with Crippen molar-refractivity contribution in [2.75, 3.05) is 5.32 Å². The zero-order valence-electron chi connectivity index (χ0n) is 15.7. The number of aromatic nitrogens is 3. The number of pyridine rings is 3. The molecule has 0 aliphatic heterocycles. The maximum absolute atomic E-state index is 13.2. The van der Waals surface area contributed by atoms with Crippen molar-refractivity contribution in [3.8, 4) is 5.75 Å². The molecular formula is C20H17F2N5O2. The van der Waals surface area contributed by atoms with E-state index in [0.717, 1.165) is 17.8 Å². The molecule has 3 aromatic rings. The van der Waals surface area contributed by atoms with Gasteiger partial charge in [0, 0.05) is 30.2 Å². The van der Waals surface area contributed by atoms with E-state index in [1.807, 2.05) is 13.8 Å². The summed E-state index contributed by atoms with van der Waals surface area (Å²) in [6, 6.07) is 5.95. The van der Waals surface area contributed by atoms with Crippen molar-refractivity contribution in [3.63, 3.8) is 0 Å². The number of halogens is 2. The maximum Gasteiger partial charge on any atom is 0.258 e. The Labute approximate surface area is 165 Å². The lowest BCUT2D eigenvalue weighted by Crippen LogP contribution is -2.15. The normalized spacial score (nSPS) is 11.2. The van der Waals surface area contributed by atoms with E-state index in [2.05, 4.69) is 25.4 Å². The zero-order chi connectivity index (χ0) is 20.8. The van der Waals surface area contributed by atoms with E-state index in [4.69, 9.17) is 4.84 Å². The summed E-state index contributed by atoms with van der Waals surface area (Å²) in [6.07, 6.45) is 6.17. The quantitative estimate of drug-likeness (QED) is 0.387. The standard InChI is InChI=1S/C20H17F2N5O2/c1-3-17(27-29-14-8-16(21)19(22)25-10-14)13-4-5-18(24-9-13)26-20(28)15-11-23-7-6-12(15)2/h4-11H,3H2,1-2H3,(H,24,26,28)/b27-17-. The molecule has 0 bridgehead atoms. The predicted octanol–water partition coefficient (Wildman–Crippen LogP) is 3.90. The van der Waals surface area contributed by atoms with Crippen LogP contribution in [0.25, 0.3) is 0 Å². The van der Waals surface area contributed by atoms with Crippen LogP contribution in [-0.4, -0.2) is 26.6 Å². The van der Waals surface area contributed by atoms with Gasteiger partial charge in [-0.25, -0.2) is 14.4 Å². The van der Waals surface area contributed by atoms with Crippen LogP contribution in [-0.2, 0) is 0 Å². The first kappa shape index (κ1) is 20.0. The van der Waals surface area contributed by atoms with Gasteiger partial charge in [0.15, 0.2) is 11.6 Å². The minimum Gasteiger partial charge on any atom is -0.355 e. The van der Waals surface area contributed by atoms with E-state index in [0.29, 0.717) is 29.1 Å². The molecular weight excluding hydrogens is 380 g/mol. The lowest BCUT2D eigenvalue weighted by atomic mass is 10.1. The molecule has 0 saturated carbocycles. The summed E-state index contributed by atoms with van der Waals surface area (Å²) in [4.78, 5) is 28.9. The lowest BCUT2D eigenvalue weighted by Gasteiger charge is -2.08. The SMILES string of the molecule is CC/C(=N/Oc1cnc(F)c(F)c1)c1ccc(NC(=O)c2cnccc2C)nc1. The molecule has 0 spiro atoms. The van der Waals surface area contributed by atoms with Crippen molar-refractivity contribution >= 4 is 17.4 Å². The Morgan fingerprint density at radius 2 is 2.00 bits per heavy atom. The minimum absolute atomic E-state index is 0.0291. The van der Waals surface area contributed by atoms with Crippen LogP contribution in [0.3, 0.4) is 0 Å². The fourth-order valence-electron chi connectivity index (χ4n) is 2.41. The van der Waals surface area contributed by atoms with Crippen LogP contribution in [0.1, 0.15) is 34.8 Å². The molecule has 3 heterocycles. The van der Waals surface area contributed by atoms with E-state index < -0.39 is 11.8 Å². The van der Waals surface area contributed by atoms with Gasteiger partial charge in [0.25, 0.3) is 5.91 Å². The predicted molar refractivity (Wildman–Crippen MR) is 103 cm³/mol. The first-order valence-electron chi connectivity index (χ1n) is 8.71. The highest BCUT2D eigenvalue weighted by molar-refractivity contribution is 6.05. The Balaban J connectivity index is 1.71. The summed E-state index contributed by atoms with van der Waals surface area (Å²) in [5.74, 6) is -2.31. The van der Waals surface area contributed by atoms with Crippen molar-refractivity contribution in [2.24, 2.45) is 5.16 Å². The minimum atomic E-state index is -1.21. The number of amides is 1. The topological polar surface area (TPSA) is 89.4 Å². The summed E-state index contributed by atoms with van der Waals surface area (Å²) in [7, 11) is 0. The molecule has 0 unspecified atom stereocenters. The van der Waals surface area contributed by atoms with Crippen molar-refractivity contribution < 1.29 is 18.4 Å². The van der Waals surface area contributed by atoms with Gasteiger partial charge in [-0.2, -0.15) is 4.39 Å². The van der Waals surface area contributed by atoms with Crippen LogP contribution < -0.4 is 10.2 Å². The summed E-state index contributed by atoms with van der Waals surface area (Å²) < 4.78 is 26.1. The maximum atomic E-state index is 13.2. The molecule has 3 aromatic heterocycles. The third-order valence-corrected chi connectivity index (χ3v) is 3.99. The molecule has 0 aliphatic carbocycles. The Morgan fingerprint density at radius 1 is 1.17 bits per heavy atom. The van der Waals surface area contributed by atoms with E-state index in [1.54, 1.807) is 24.4 Å². The molecule has 0 radical (unpaired) electrons. The number of rotatable bonds is 6. The van der Waals surface area contributed by atoms with Crippen molar-refractivity contribution in [2.45, 2.75) is 20.3 Å². The number of carbonyl (C=O) groups excluding carboxylic acids is 1. The van der Waals surface area contributed by atoms with Gasteiger partial charge in [-0.05, 0) is 37.1 Å². The summed E-state index contributed by atoms with van der Waals surface area (Å²) in [6.45, 7) is 3.67. The molecule has 0 fully saturated rings. The van der Waals surface area contributed by atoms with Crippen LogP contribution in [0.15, 0.2) is 54.2 Å². The second-order valence-corrected chi connectivity index (χ2v) is 6.00. The van der Waals surface area contributed by atoms with Gasteiger partial charge in [0.05, 0.1) is 17.5 Å². The molecule has 1 N–H and O–H groups in total.